The number of ether oxygens (including phenoxy) is 2. The Morgan fingerprint density at radius 2 is 1.57 bits per heavy atom. The van der Waals surface area contributed by atoms with E-state index in [1.54, 1.807) is 18.2 Å². The minimum atomic E-state index is -4.79. The number of alkyl halides is 3. The second kappa shape index (κ2) is 9.38. The normalized spacial score (nSPS) is 46.5. The van der Waals surface area contributed by atoms with Crippen LogP contribution in [0.3, 0.4) is 0 Å². The van der Waals surface area contributed by atoms with Crippen molar-refractivity contribution >= 4 is 11.9 Å². The van der Waals surface area contributed by atoms with Gasteiger partial charge in [0.1, 0.15) is 5.75 Å². The quantitative estimate of drug-likeness (QED) is 0.312. The molecule has 242 valence electrons. The van der Waals surface area contributed by atoms with Gasteiger partial charge in [0.05, 0.1) is 12.7 Å². The molecule has 0 spiro atoms. The average molecular weight is 613 g/mol. The molecule has 44 heavy (non-hydrogen) atoms. The Hall–Kier alpha value is -1.82. The van der Waals surface area contributed by atoms with Gasteiger partial charge in [-0.3, -0.25) is 4.79 Å². The molecule has 1 aromatic rings. The monoisotopic (exact) mass is 612 g/mol. The summed E-state index contributed by atoms with van der Waals surface area (Å²) in [5, 5.41) is 0. The van der Waals surface area contributed by atoms with E-state index in [9.17, 15) is 18.0 Å². The highest BCUT2D eigenvalue weighted by Crippen LogP contribution is 2.78. The smallest absolute Gasteiger partial charge is 0.405 e. The molecule has 0 radical (unpaired) electrons. The Balaban J connectivity index is 1.27. The van der Waals surface area contributed by atoms with Crippen LogP contribution in [0.15, 0.2) is 29.8 Å². The third kappa shape index (κ3) is 4.06. The van der Waals surface area contributed by atoms with Crippen LogP contribution < -0.4 is 4.74 Å². The molecule has 6 fully saturated rings. The average Bonchev–Trinajstić information content (AvgIpc) is 3.26. The van der Waals surface area contributed by atoms with Gasteiger partial charge in [-0.2, -0.15) is 0 Å². The van der Waals surface area contributed by atoms with E-state index in [-0.39, 0.29) is 39.1 Å². The molecule has 1 aliphatic heterocycles. The molecule has 0 aromatic heterocycles. The van der Waals surface area contributed by atoms with E-state index >= 15 is 0 Å². The van der Waals surface area contributed by atoms with Crippen LogP contribution in [0.4, 0.5) is 13.2 Å². The maximum Gasteiger partial charge on any atom is 0.573 e. The Kier molecular flexibility index (Phi) is 6.57. The van der Waals surface area contributed by atoms with E-state index in [1.807, 2.05) is 0 Å². The van der Waals surface area contributed by atoms with Gasteiger partial charge < -0.3 is 9.47 Å². The fourth-order valence-corrected chi connectivity index (χ4v) is 13.0. The summed E-state index contributed by atoms with van der Waals surface area (Å²) in [6.45, 7) is 17.6. The van der Waals surface area contributed by atoms with Crippen LogP contribution in [-0.2, 0) is 9.53 Å². The van der Waals surface area contributed by atoms with Gasteiger partial charge in [0.15, 0.2) is 5.78 Å². The first-order valence-corrected chi connectivity index (χ1v) is 17.1. The number of hydrogen-bond acceptors (Lipinski definition) is 3. The van der Waals surface area contributed by atoms with Crippen molar-refractivity contribution in [1.29, 1.82) is 0 Å². The van der Waals surface area contributed by atoms with E-state index in [0.717, 1.165) is 25.9 Å². The lowest BCUT2D eigenvalue weighted by molar-refractivity contribution is -0.274. The number of carbonyl (C=O) groups excluding carboxylic acids is 1. The van der Waals surface area contributed by atoms with Crippen LogP contribution in [-0.4, -0.2) is 24.9 Å². The third-order valence-electron chi connectivity index (χ3n) is 15.2. The van der Waals surface area contributed by atoms with Gasteiger partial charge >= 0.3 is 6.36 Å². The largest absolute Gasteiger partial charge is 0.573 e. The number of fused-ring (bicyclic) bond motifs is 5. The van der Waals surface area contributed by atoms with Gasteiger partial charge in [0, 0.05) is 11.0 Å². The summed E-state index contributed by atoms with van der Waals surface area (Å²) in [5.74, 6) is 1.76. The maximum absolute atomic E-state index is 14.1. The Morgan fingerprint density at radius 3 is 2.30 bits per heavy atom. The van der Waals surface area contributed by atoms with Crippen molar-refractivity contribution in [2.24, 2.45) is 56.2 Å². The molecule has 0 N–H and O–H groups in total. The minimum Gasteiger partial charge on any atom is -0.405 e. The number of ketones is 1. The van der Waals surface area contributed by atoms with Gasteiger partial charge in [0.2, 0.25) is 0 Å². The molecule has 2 bridgehead atoms. The van der Waals surface area contributed by atoms with E-state index in [1.165, 1.54) is 44.2 Å². The number of Topliss-reactive ketones (excluding diaryl/α,β-unsaturated/α-hetero) is 1. The molecule has 9 atom stereocenters. The fraction of sp³-hybridized carbons (Fsp3) is 0.763. The van der Waals surface area contributed by atoms with Crippen molar-refractivity contribution in [3.8, 4) is 5.75 Å². The molecule has 1 aromatic carbocycles. The maximum atomic E-state index is 14.1. The highest BCUT2D eigenvalue weighted by atomic mass is 19.4. The highest BCUT2D eigenvalue weighted by molar-refractivity contribution is 6.04. The first kappa shape index (κ1) is 30.8. The Morgan fingerprint density at radius 1 is 0.864 bits per heavy atom. The molecule has 5 saturated carbocycles. The Bertz CT molecular complexity index is 1390. The second-order valence-electron chi connectivity index (χ2n) is 17.8. The molecule has 9 unspecified atom stereocenters. The predicted octanol–water partition coefficient (Wildman–Crippen LogP) is 10.0. The van der Waals surface area contributed by atoms with Crippen molar-refractivity contribution in [3.63, 3.8) is 0 Å². The summed E-state index contributed by atoms with van der Waals surface area (Å²) in [4.78, 5) is 14.1. The van der Waals surface area contributed by atoms with E-state index < -0.39 is 11.8 Å². The van der Waals surface area contributed by atoms with Crippen LogP contribution in [0.2, 0.25) is 0 Å². The van der Waals surface area contributed by atoms with Gasteiger partial charge in [-0.15, -0.1) is 13.2 Å². The fourth-order valence-electron chi connectivity index (χ4n) is 13.0. The van der Waals surface area contributed by atoms with E-state index in [2.05, 4.69) is 53.2 Å². The highest BCUT2D eigenvalue weighted by Gasteiger charge is 2.73. The van der Waals surface area contributed by atoms with E-state index in [0.29, 0.717) is 46.8 Å². The number of rotatable bonds is 2. The summed E-state index contributed by atoms with van der Waals surface area (Å²) in [6.07, 6.45) is 7.41. The molecule has 6 aliphatic rings. The van der Waals surface area contributed by atoms with Crippen molar-refractivity contribution in [2.45, 2.75) is 119 Å². The second-order valence-corrected chi connectivity index (χ2v) is 17.8. The zero-order chi connectivity index (χ0) is 31.7. The number of allylic oxidation sites excluding steroid dienone is 1. The lowest BCUT2D eigenvalue weighted by Gasteiger charge is -2.73. The summed E-state index contributed by atoms with van der Waals surface area (Å²) in [7, 11) is 0. The van der Waals surface area contributed by atoms with Gasteiger partial charge in [0.25, 0.3) is 0 Å². The molecule has 7 rings (SSSR count). The first-order valence-electron chi connectivity index (χ1n) is 17.1. The standard InChI is InChI=1S/C38H51F3O3/c1-32(2)16-18-37-19-17-35(6)25(29(37)31(32)43-22-37)12-13-28-34(5)21-24(20-23-10-8-9-11-26(23)44-38(39,40)41)30(42)33(3,4)27(34)14-15-36(28,35)7/h8-11,20,25,27-29,31H,12-19,21-22H2,1-7H3. The zero-order valence-electron chi connectivity index (χ0n) is 27.7. The molecular formula is C38H51F3O3. The molecule has 1 saturated heterocycles. The number of para-hydroxylation sites is 1. The molecule has 6 heteroatoms. The number of benzene rings is 1. The lowest BCUT2D eigenvalue weighted by atomic mass is 9.31. The molecule has 1 heterocycles. The van der Waals surface area contributed by atoms with Gasteiger partial charge in [-0.1, -0.05) is 66.7 Å². The number of halogens is 3. The molecule has 3 nitrogen and oxygen atoms in total. The molecule has 0 amide bonds. The van der Waals surface area contributed by atoms with Crippen LogP contribution in [0.25, 0.3) is 6.08 Å². The van der Waals surface area contributed by atoms with Crippen LogP contribution in [0.1, 0.15) is 112 Å². The SMILES string of the molecule is CC1(C)CCC23CCC4(C)C(CCC5C6(C)CC(=Cc7ccccc7OC(F)(F)F)C(=O)C(C)(C)C6CCC54C)C2C1OC3. The predicted molar refractivity (Wildman–Crippen MR) is 166 cm³/mol. The molecule has 5 aliphatic carbocycles. The van der Waals surface area contributed by atoms with E-state index in [4.69, 9.17) is 4.74 Å². The third-order valence-corrected chi connectivity index (χ3v) is 15.2. The summed E-state index contributed by atoms with van der Waals surface area (Å²) in [6, 6.07) is 6.21. The van der Waals surface area contributed by atoms with Gasteiger partial charge in [-0.05, 0) is 126 Å². The van der Waals surface area contributed by atoms with Gasteiger partial charge in [-0.25, -0.2) is 0 Å². The van der Waals surface area contributed by atoms with Crippen molar-refractivity contribution in [2.75, 3.05) is 6.61 Å². The van der Waals surface area contributed by atoms with Crippen LogP contribution in [0.5, 0.6) is 5.75 Å². The number of hydrogen-bond donors (Lipinski definition) is 0. The minimum absolute atomic E-state index is 0.0723. The van der Waals surface area contributed by atoms with Crippen molar-refractivity contribution in [3.05, 3.63) is 35.4 Å². The summed E-state index contributed by atoms with van der Waals surface area (Å²) < 4.78 is 50.9. The van der Waals surface area contributed by atoms with Crippen molar-refractivity contribution in [1.82, 2.24) is 0 Å². The summed E-state index contributed by atoms with van der Waals surface area (Å²) >= 11 is 0. The topological polar surface area (TPSA) is 35.5 Å². The summed E-state index contributed by atoms with van der Waals surface area (Å²) in [5.41, 5.74) is 1.12. The van der Waals surface area contributed by atoms with Crippen LogP contribution in [0, 0.1) is 56.2 Å². The number of carbonyl (C=O) groups is 1. The van der Waals surface area contributed by atoms with Crippen molar-refractivity contribution < 1.29 is 27.4 Å². The molecular weight excluding hydrogens is 561 g/mol. The zero-order valence-corrected chi connectivity index (χ0v) is 27.7. The first-order chi connectivity index (χ1) is 20.4. The Labute approximate surface area is 261 Å². The lowest BCUT2D eigenvalue weighted by Crippen LogP contribution is -2.67. The van der Waals surface area contributed by atoms with Crippen LogP contribution >= 0.6 is 0 Å².